The summed E-state index contributed by atoms with van der Waals surface area (Å²) in [6, 6.07) is 12.0. The van der Waals surface area contributed by atoms with Crippen molar-refractivity contribution in [2.45, 2.75) is 33.1 Å². The van der Waals surface area contributed by atoms with E-state index in [-0.39, 0.29) is 18.4 Å². The van der Waals surface area contributed by atoms with Gasteiger partial charge in [0, 0.05) is 50.7 Å². The van der Waals surface area contributed by atoms with Gasteiger partial charge < -0.3 is 14.5 Å². The van der Waals surface area contributed by atoms with E-state index in [1.807, 2.05) is 46.2 Å². The number of benzene rings is 1. The van der Waals surface area contributed by atoms with E-state index in [9.17, 15) is 9.59 Å². The van der Waals surface area contributed by atoms with Gasteiger partial charge in [0.15, 0.2) is 6.61 Å². The summed E-state index contributed by atoms with van der Waals surface area (Å²) >= 11 is 1.46. The second-order valence-electron chi connectivity index (χ2n) is 9.39. The van der Waals surface area contributed by atoms with Gasteiger partial charge in [-0.2, -0.15) is 0 Å². The molecule has 0 spiro atoms. The average molecular weight is 470 g/mol. The summed E-state index contributed by atoms with van der Waals surface area (Å²) in [6.07, 6.45) is 3.28. The Kier molecular flexibility index (Phi) is 8.04. The molecule has 0 unspecified atom stereocenters. The first-order valence-electron chi connectivity index (χ1n) is 12.1. The van der Waals surface area contributed by atoms with Crippen molar-refractivity contribution in [2.24, 2.45) is 5.92 Å². The van der Waals surface area contributed by atoms with E-state index in [4.69, 9.17) is 4.74 Å². The Bertz CT molecular complexity index is 930. The normalized spacial score (nSPS) is 17.4. The summed E-state index contributed by atoms with van der Waals surface area (Å²) in [5.41, 5.74) is 1.05. The number of piperazine rings is 1. The molecule has 0 aliphatic carbocycles. The molecule has 2 saturated heterocycles. The zero-order valence-electron chi connectivity index (χ0n) is 19.8. The summed E-state index contributed by atoms with van der Waals surface area (Å²) in [6.45, 7) is 10.3. The van der Waals surface area contributed by atoms with Crippen LogP contribution < -0.4 is 4.74 Å². The highest BCUT2D eigenvalue weighted by Gasteiger charge is 2.28. The minimum Gasteiger partial charge on any atom is -0.482 e. The lowest BCUT2D eigenvalue weighted by Gasteiger charge is -2.35. The quantitative estimate of drug-likeness (QED) is 0.609. The molecule has 0 bridgehead atoms. The fourth-order valence-electron chi connectivity index (χ4n) is 4.54. The van der Waals surface area contributed by atoms with Crippen LogP contribution in [0.1, 0.15) is 42.8 Å². The van der Waals surface area contributed by atoms with E-state index in [1.165, 1.54) is 17.8 Å². The van der Waals surface area contributed by atoms with Gasteiger partial charge in [-0.3, -0.25) is 14.5 Å². The summed E-state index contributed by atoms with van der Waals surface area (Å²) in [5.74, 6) is 1.16. The van der Waals surface area contributed by atoms with Crippen LogP contribution in [-0.2, 0) is 4.79 Å². The molecule has 2 aliphatic heterocycles. The van der Waals surface area contributed by atoms with E-state index in [0.717, 1.165) is 69.1 Å². The molecule has 1 aromatic carbocycles. The predicted molar refractivity (Wildman–Crippen MR) is 133 cm³/mol. The molecular weight excluding hydrogens is 434 g/mol. The Labute approximate surface area is 201 Å². The zero-order valence-corrected chi connectivity index (χ0v) is 20.6. The standard InChI is InChI=1S/C26H35N3O3S/c1-20(2)18-27-13-15-29(16-14-27)26(31)25-22(17-23(33-25)21-9-5-3-6-10-21)32-19-24(30)28-11-7-4-8-12-28/h3,5-6,9-10,17,20H,4,7-8,11-16,18-19H2,1-2H3. The number of amides is 2. The fourth-order valence-corrected chi connectivity index (χ4v) is 5.62. The van der Waals surface area contributed by atoms with Crippen LogP contribution in [0.15, 0.2) is 36.4 Å². The van der Waals surface area contributed by atoms with E-state index in [1.54, 1.807) is 0 Å². The first-order chi connectivity index (χ1) is 16.0. The van der Waals surface area contributed by atoms with Gasteiger partial charge in [0.2, 0.25) is 0 Å². The summed E-state index contributed by atoms with van der Waals surface area (Å²) in [5, 5.41) is 0. The largest absolute Gasteiger partial charge is 0.482 e. The van der Waals surface area contributed by atoms with Crippen LogP contribution in [0.2, 0.25) is 0 Å². The number of carbonyl (C=O) groups excluding carboxylic acids is 2. The maximum atomic E-state index is 13.5. The molecule has 33 heavy (non-hydrogen) atoms. The topological polar surface area (TPSA) is 53.1 Å². The zero-order chi connectivity index (χ0) is 23.2. The van der Waals surface area contributed by atoms with E-state index < -0.39 is 0 Å². The third-order valence-corrected chi connectivity index (χ3v) is 7.45. The van der Waals surface area contributed by atoms with Crippen molar-refractivity contribution in [3.8, 4) is 16.2 Å². The van der Waals surface area contributed by atoms with Crippen LogP contribution >= 0.6 is 11.3 Å². The molecule has 2 fully saturated rings. The van der Waals surface area contributed by atoms with Crippen LogP contribution in [-0.4, -0.2) is 78.9 Å². The molecule has 2 aliphatic rings. The van der Waals surface area contributed by atoms with Gasteiger partial charge in [-0.1, -0.05) is 44.2 Å². The van der Waals surface area contributed by atoms with Crippen molar-refractivity contribution in [2.75, 3.05) is 52.4 Å². The van der Waals surface area contributed by atoms with E-state index >= 15 is 0 Å². The smallest absolute Gasteiger partial charge is 0.267 e. The number of ether oxygens (including phenoxy) is 1. The minimum absolute atomic E-state index is 0.00265. The fraction of sp³-hybridized carbons (Fsp3) is 0.538. The number of nitrogens with zero attached hydrogens (tertiary/aromatic N) is 3. The molecular formula is C26H35N3O3S. The summed E-state index contributed by atoms with van der Waals surface area (Å²) in [7, 11) is 0. The molecule has 178 valence electrons. The van der Waals surface area contributed by atoms with Gasteiger partial charge >= 0.3 is 0 Å². The SMILES string of the molecule is CC(C)CN1CCN(C(=O)c2sc(-c3ccccc3)cc2OCC(=O)N2CCCCC2)CC1. The maximum absolute atomic E-state index is 13.5. The molecule has 7 heteroatoms. The van der Waals surface area contributed by atoms with Crippen molar-refractivity contribution < 1.29 is 14.3 Å². The number of hydrogen-bond donors (Lipinski definition) is 0. The van der Waals surface area contributed by atoms with Crippen LogP contribution in [0.3, 0.4) is 0 Å². The van der Waals surface area contributed by atoms with Gasteiger partial charge in [-0.15, -0.1) is 11.3 Å². The Morgan fingerprint density at radius 3 is 2.30 bits per heavy atom. The molecule has 2 amide bonds. The Morgan fingerprint density at radius 2 is 1.64 bits per heavy atom. The predicted octanol–water partition coefficient (Wildman–Crippen LogP) is 4.22. The van der Waals surface area contributed by atoms with E-state index in [2.05, 4.69) is 18.7 Å². The van der Waals surface area contributed by atoms with E-state index in [0.29, 0.717) is 16.5 Å². The molecule has 0 atom stereocenters. The van der Waals surface area contributed by atoms with Crippen molar-refractivity contribution in [1.29, 1.82) is 0 Å². The summed E-state index contributed by atoms with van der Waals surface area (Å²) < 4.78 is 6.00. The Morgan fingerprint density at radius 1 is 0.939 bits per heavy atom. The number of carbonyl (C=O) groups is 2. The van der Waals surface area contributed by atoms with Crippen LogP contribution in [0.4, 0.5) is 0 Å². The number of rotatable bonds is 7. The number of piperidine rings is 1. The average Bonchev–Trinajstić information content (AvgIpc) is 3.27. The molecule has 3 heterocycles. The van der Waals surface area contributed by atoms with Crippen molar-refractivity contribution in [3.63, 3.8) is 0 Å². The highest BCUT2D eigenvalue weighted by Crippen LogP contribution is 2.37. The van der Waals surface area contributed by atoms with Gasteiger partial charge in [-0.25, -0.2) is 0 Å². The number of hydrogen-bond acceptors (Lipinski definition) is 5. The van der Waals surface area contributed by atoms with Crippen molar-refractivity contribution in [1.82, 2.24) is 14.7 Å². The lowest BCUT2D eigenvalue weighted by Crippen LogP contribution is -2.49. The van der Waals surface area contributed by atoms with Gasteiger partial charge in [-0.05, 0) is 36.8 Å². The number of likely N-dealkylation sites (tertiary alicyclic amines) is 1. The highest BCUT2D eigenvalue weighted by atomic mass is 32.1. The van der Waals surface area contributed by atoms with Crippen LogP contribution in [0.5, 0.6) is 5.75 Å². The first-order valence-corrected chi connectivity index (χ1v) is 12.9. The monoisotopic (exact) mass is 469 g/mol. The second-order valence-corrected chi connectivity index (χ2v) is 10.4. The highest BCUT2D eigenvalue weighted by molar-refractivity contribution is 7.17. The summed E-state index contributed by atoms with van der Waals surface area (Å²) in [4.78, 5) is 33.9. The Balaban J connectivity index is 1.48. The lowest BCUT2D eigenvalue weighted by atomic mass is 10.1. The first kappa shape index (κ1) is 23.8. The third-order valence-electron chi connectivity index (χ3n) is 6.29. The van der Waals surface area contributed by atoms with Gasteiger partial charge in [0.25, 0.3) is 11.8 Å². The third kappa shape index (κ3) is 6.15. The molecule has 1 aromatic heterocycles. The minimum atomic E-state index is -0.0204. The lowest BCUT2D eigenvalue weighted by molar-refractivity contribution is -0.134. The second kappa shape index (κ2) is 11.2. The molecule has 4 rings (SSSR count). The van der Waals surface area contributed by atoms with Crippen molar-refractivity contribution in [3.05, 3.63) is 41.3 Å². The maximum Gasteiger partial charge on any atom is 0.267 e. The van der Waals surface area contributed by atoms with Crippen molar-refractivity contribution >= 4 is 23.2 Å². The molecule has 6 nitrogen and oxygen atoms in total. The number of thiophene rings is 1. The Hall–Kier alpha value is -2.38. The molecule has 0 saturated carbocycles. The molecule has 0 radical (unpaired) electrons. The van der Waals surface area contributed by atoms with Crippen LogP contribution in [0.25, 0.3) is 10.4 Å². The van der Waals surface area contributed by atoms with Crippen LogP contribution in [0, 0.1) is 5.92 Å². The molecule has 0 N–H and O–H groups in total. The van der Waals surface area contributed by atoms with Gasteiger partial charge in [0.05, 0.1) is 0 Å². The molecule has 2 aromatic rings. The van der Waals surface area contributed by atoms with Gasteiger partial charge in [0.1, 0.15) is 10.6 Å².